The molecule has 0 fully saturated rings. The van der Waals surface area contributed by atoms with Crippen molar-refractivity contribution in [2.45, 2.75) is 125 Å². The molecule has 0 N–H and O–H groups in total. The van der Waals surface area contributed by atoms with Crippen LogP contribution in [0.4, 0.5) is 0 Å². The van der Waals surface area contributed by atoms with Crippen LogP contribution in [0.2, 0.25) is 0 Å². The fourth-order valence-corrected chi connectivity index (χ4v) is 3.74. The molecule has 3 nitrogen and oxygen atoms in total. The third-order valence-electron chi connectivity index (χ3n) is 4.29. The molecule has 0 aromatic heterocycles. The van der Waals surface area contributed by atoms with Crippen molar-refractivity contribution in [3.05, 3.63) is 0 Å². The minimum atomic E-state index is -0.450. The molecule has 0 radical (unpaired) electrons. The molecule has 0 spiro atoms. The number of carbonyl (C=O) groups excluding carboxylic acids is 1. The lowest BCUT2D eigenvalue weighted by atomic mass is 9.86. The monoisotopic (exact) mass is 417 g/mol. The van der Waals surface area contributed by atoms with Crippen LogP contribution in [-0.2, 0) is 9.53 Å². The smallest absolute Gasteiger partial charge is 0.225 e. The molecule has 0 aliphatic carbocycles. The van der Waals surface area contributed by atoms with Crippen LogP contribution >= 0.6 is 12.6 Å². The molecule has 0 aliphatic rings. The predicted octanol–water partition coefficient (Wildman–Crippen LogP) is 7.00. The van der Waals surface area contributed by atoms with E-state index in [9.17, 15) is 4.79 Å². The lowest BCUT2D eigenvalue weighted by Crippen LogP contribution is -2.54. The summed E-state index contributed by atoms with van der Waals surface area (Å²) in [5, 5.41) is 0. The Hall–Kier alpha value is -0.220. The summed E-state index contributed by atoms with van der Waals surface area (Å²) < 4.78 is 5.91. The Bertz CT molecular complexity index is 443. The van der Waals surface area contributed by atoms with Gasteiger partial charge in [-0.1, -0.05) is 62.3 Å². The Labute approximate surface area is 182 Å². The number of rotatable bonds is 10. The van der Waals surface area contributed by atoms with Crippen LogP contribution < -0.4 is 0 Å². The van der Waals surface area contributed by atoms with Gasteiger partial charge in [-0.2, -0.15) is 12.6 Å². The number of ether oxygens (including phenoxy) is 1. The van der Waals surface area contributed by atoms with E-state index in [1.807, 2.05) is 27.7 Å². The van der Waals surface area contributed by atoms with E-state index in [0.717, 1.165) is 19.4 Å². The van der Waals surface area contributed by atoms with Crippen molar-refractivity contribution >= 4 is 18.5 Å². The third kappa shape index (κ3) is 14.7. The molecule has 0 unspecified atom stereocenters. The van der Waals surface area contributed by atoms with Crippen LogP contribution in [0.5, 0.6) is 0 Å². The van der Waals surface area contributed by atoms with E-state index in [4.69, 9.17) is 17.4 Å². The van der Waals surface area contributed by atoms with Crippen LogP contribution in [0.15, 0.2) is 0 Å². The van der Waals surface area contributed by atoms with Gasteiger partial charge in [-0.3, -0.25) is 4.79 Å². The number of hydrogen-bond acceptors (Lipinski definition) is 3. The zero-order chi connectivity index (χ0) is 23.0. The quantitative estimate of drug-likeness (QED) is 0.388. The minimum Gasteiger partial charge on any atom is -0.375 e. The summed E-state index contributed by atoms with van der Waals surface area (Å²) in [5.74, 6) is 0.771. The zero-order valence-corrected chi connectivity index (χ0v) is 22.2. The van der Waals surface area contributed by atoms with Crippen molar-refractivity contribution in [1.29, 1.82) is 0 Å². The van der Waals surface area contributed by atoms with Crippen molar-refractivity contribution in [3.63, 3.8) is 0 Å². The van der Waals surface area contributed by atoms with Crippen molar-refractivity contribution in [1.82, 2.24) is 4.90 Å². The normalized spacial score (nSPS) is 13.2. The van der Waals surface area contributed by atoms with Crippen molar-refractivity contribution in [2.24, 2.45) is 11.3 Å². The zero-order valence-electron chi connectivity index (χ0n) is 21.3. The second-order valence-electron chi connectivity index (χ2n) is 11.3. The minimum absolute atomic E-state index is 0.0380. The summed E-state index contributed by atoms with van der Waals surface area (Å²) in [4.78, 5) is 15.3. The van der Waals surface area contributed by atoms with Gasteiger partial charge in [-0.05, 0) is 51.9 Å². The van der Waals surface area contributed by atoms with E-state index in [1.54, 1.807) is 0 Å². The molecule has 0 bridgehead atoms. The second kappa shape index (κ2) is 11.8. The molecule has 1 amide bonds. The molecule has 0 aromatic carbocycles. The number of nitrogens with zero attached hydrogens (tertiary/aromatic N) is 1. The maximum absolute atomic E-state index is 13.3. The highest BCUT2D eigenvalue weighted by Crippen LogP contribution is 2.33. The number of carbonyl (C=O) groups is 1. The molecule has 28 heavy (non-hydrogen) atoms. The van der Waals surface area contributed by atoms with Gasteiger partial charge in [0.15, 0.2) is 0 Å². The first-order chi connectivity index (χ1) is 12.3. The molecule has 4 heteroatoms. The standard InChI is InChI=1S/C22H45NO2S.C2H6/c1-17(2)12-13-25-21(8,9)14-18(24)23(16-19(3,4)5)20(6,7)15-22(10,11)26;1-2/h17,26H,12-16H2,1-11H3;1-2H3. The van der Waals surface area contributed by atoms with E-state index < -0.39 is 5.60 Å². The van der Waals surface area contributed by atoms with E-state index >= 15 is 0 Å². The van der Waals surface area contributed by atoms with Crippen LogP contribution in [0.1, 0.15) is 109 Å². The van der Waals surface area contributed by atoms with E-state index in [-0.39, 0.29) is 21.6 Å². The van der Waals surface area contributed by atoms with Crippen LogP contribution in [0.25, 0.3) is 0 Å². The highest BCUT2D eigenvalue weighted by molar-refractivity contribution is 7.81. The first-order valence-corrected chi connectivity index (χ1v) is 11.5. The number of amides is 1. The van der Waals surface area contributed by atoms with Crippen LogP contribution in [0, 0.1) is 11.3 Å². The summed E-state index contributed by atoms with van der Waals surface area (Å²) in [5.41, 5.74) is -0.672. The highest BCUT2D eigenvalue weighted by Gasteiger charge is 2.38. The molecule has 0 heterocycles. The SMILES string of the molecule is CC.CC(C)CCOC(C)(C)CC(=O)N(CC(C)(C)C)C(C)(C)CC(C)(C)S. The van der Waals surface area contributed by atoms with Gasteiger partial charge in [-0.25, -0.2) is 0 Å². The summed E-state index contributed by atoms with van der Waals surface area (Å²) in [6.45, 7) is 28.9. The van der Waals surface area contributed by atoms with Gasteiger partial charge in [0.1, 0.15) is 0 Å². The van der Waals surface area contributed by atoms with Gasteiger partial charge < -0.3 is 9.64 Å². The Morgan fingerprint density at radius 1 is 0.964 bits per heavy atom. The number of thiol groups is 1. The van der Waals surface area contributed by atoms with Gasteiger partial charge in [0, 0.05) is 23.4 Å². The molecule has 0 saturated heterocycles. The lowest BCUT2D eigenvalue weighted by molar-refractivity contribution is -0.145. The van der Waals surface area contributed by atoms with Crippen LogP contribution in [-0.4, -0.2) is 39.8 Å². The summed E-state index contributed by atoms with van der Waals surface area (Å²) in [6.07, 6.45) is 2.25. The van der Waals surface area contributed by atoms with E-state index in [1.165, 1.54) is 0 Å². The fraction of sp³-hybridized carbons (Fsp3) is 0.958. The number of hydrogen-bond donors (Lipinski definition) is 1. The van der Waals surface area contributed by atoms with Crippen molar-refractivity contribution in [3.8, 4) is 0 Å². The highest BCUT2D eigenvalue weighted by atomic mass is 32.1. The molecule has 0 atom stereocenters. The average Bonchev–Trinajstić information content (AvgIpc) is 2.42. The van der Waals surface area contributed by atoms with Gasteiger partial charge in [0.25, 0.3) is 0 Å². The lowest BCUT2D eigenvalue weighted by Gasteiger charge is -2.45. The van der Waals surface area contributed by atoms with E-state index in [2.05, 4.69) is 67.2 Å². The largest absolute Gasteiger partial charge is 0.375 e. The molecular weight excluding hydrogens is 366 g/mol. The molecule has 0 rings (SSSR count). The Morgan fingerprint density at radius 3 is 1.79 bits per heavy atom. The molecule has 170 valence electrons. The Kier molecular flexibility index (Phi) is 12.7. The summed E-state index contributed by atoms with van der Waals surface area (Å²) in [6, 6.07) is 0. The Morgan fingerprint density at radius 2 is 1.43 bits per heavy atom. The van der Waals surface area contributed by atoms with Crippen molar-refractivity contribution in [2.75, 3.05) is 13.2 Å². The molecule has 0 saturated carbocycles. The predicted molar refractivity (Wildman–Crippen MR) is 128 cm³/mol. The molecule has 0 aliphatic heterocycles. The summed E-state index contributed by atoms with van der Waals surface area (Å²) >= 11 is 4.71. The topological polar surface area (TPSA) is 29.5 Å². The summed E-state index contributed by atoms with van der Waals surface area (Å²) in [7, 11) is 0. The maximum Gasteiger partial charge on any atom is 0.225 e. The van der Waals surface area contributed by atoms with Gasteiger partial charge in [0.2, 0.25) is 5.91 Å². The average molecular weight is 418 g/mol. The molecular formula is C24H51NO2S. The first-order valence-electron chi connectivity index (χ1n) is 11.0. The van der Waals surface area contributed by atoms with Crippen molar-refractivity contribution < 1.29 is 9.53 Å². The maximum atomic E-state index is 13.3. The molecule has 0 aromatic rings. The van der Waals surface area contributed by atoms with Gasteiger partial charge in [-0.15, -0.1) is 0 Å². The van der Waals surface area contributed by atoms with Gasteiger partial charge in [0.05, 0.1) is 12.0 Å². The third-order valence-corrected chi connectivity index (χ3v) is 4.45. The fourth-order valence-electron chi connectivity index (χ4n) is 3.35. The van der Waals surface area contributed by atoms with Gasteiger partial charge >= 0.3 is 0 Å². The van der Waals surface area contributed by atoms with Crippen LogP contribution in [0.3, 0.4) is 0 Å². The second-order valence-corrected chi connectivity index (χ2v) is 12.5. The van der Waals surface area contributed by atoms with E-state index in [0.29, 0.717) is 18.9 Å². The first kappa shape index (κ1) is 30.0. The Balaban J connectivity index is 0.